The van der Waals surface area contributed by atoms with E-state index in [4.69, 9.17) is 39.5 Å². The van der Waals surface area contributed by atoms with Crippen LogP contribution >= 0.6 is 34.8 Å². The smallest absolute Gasteiger partial charge is 0.412 e. The number of methoxy groups -OCH3 is 1. The van der Waals surface area contributed by atoms with Gasteiger partial charge in [0.1, 0.15) is 0 Å². The maximum absolute atomic E-state index is 11.8. The van der Waals surface area contributed by atoms with Crippen molar-refractivity contribution >= 4 is 52.6 Å². The van der Waals surface area contributed by atoms with Crippen molar-refractivity contribution in [1.29, 1.82) is 0 Å². The quantitative estimate of drug-likeness (QED) is 0.498. The van der Waals surface area contributed by atoms with E-state index in [0.29, 0.717) is 5.57 Å². The molecule has 8 heteroatoms. The van der Waals surface area contributed by atoms with E-state index in [1.807, 2.05) is 0 Å². The van der Waals surface area contributed by atoms with Crippen LogP contribution in [-0.2, 0) is 14.3 Å². The van der Waals surface area contributed by atoms with Gasteiger partial charge in [0.2, 0.25) is 6.10 Å². The van der Waals surface area contributed by atoms with Crippen LogP contribution in [0.2, 0.25) is 15.1 Å². The fraction of sp³-hybridized carbons (Fsp3) is 0.231. The zero-order valence-corrected chi connectivity index (χ0v) is 13.5. The highest BCUT2D eigenvalue weighted by atomic mass is 35.5. The van der Waals surface area contributed by atoms with Crippen LogP contribution in [-0.4, -0.2) is 25.3 Å². The summed E-state index contributed by atoms with van der Waals surface area (Å²) in [5.41, 5.74) is 0.513. The standard InChI is InChI=1S/C13H12Cl3NO4/c1-6(2)11(12(18)20-3)21-13(19)17-8-5-4-7(14)9(15)10(8)16/h4-5,11H,1H2,2-3H3,(H,17,19). The van der Waals surface area contributed by atoms with Crippen LogP contribution in [0.3, 0.4) is 0 Å². The Kier molecular flexibility index (Phi) is 6.33. The van der Waals surface area contributed by atoms with Crippen LogP contribution in [0.15, 0.2) is 24.3 Å². The Balaban J connectivity index is 2.84. The minimum atomic E-state index is -1.21. The van der Waals surface area contributed by atoms with Gasteiger partial charge in [-0.1, -0.05) is 41.4 Å². The molecule has 1 amide bonds. The van der Waals surface area contributed by atoms with Gasteiger partial charge in [-0.05, 0) is 24.6 Å². The van der Waals surface area contributed by atoms with Crippen LogP contribution in [0.25, 0.3) is 0 Å². The van der Waals surface area contributed by atoms with Crippen molar-refractivity contribution in [2.75, 3.05) is 12.4 Å². The van der Waals surface area contributed by atoms with E-state index >= 15 is 0 Å². The largest absolute Gasteiger partial charge is 0.466 e. The number of halogens is 3. The Bertz CT molecular complexity index is 589. The van der Waals surface area contributed by atoms with Crippen LogP contribution in [0, 0.1) is 0 Å². The molecule has 0 saturated carbocycles. The fourth-order valence-corrected chi connectivity index (χ4v) is 1.91. The zero-order valence-electron chi connectivity index (χ0n) is 11.2. The maximum Gasteiger partial charge on any atom is 0.412 e. The Morgan fingerprint density at radius 1 is 1.24 bits per heavy atom. The molecule has 5 nitrogen and oxygen atoms in total. The molecule has 0 aliphatic heterocycles. The number of rotatable bonds is 4. The number of esters is 1. The lowest BCUT2D eigenvalue weighted by atomic mass is 10.2. The number of ether oxygens (including phenoxy) is 2. The lowest BCUT2D eigenvalue weighted by Gasteiger charge is -2.16. The second kappa shape index (κ2) is 7.54. The van der Waals surface area contributed by atoms with Crippen molar-refractivity contribution in [3.8, 4) is 0 Å². The first-order valence-electron chi connectivity index (χ1n) is 5.62. The number of hydrogen-bond acceptors (Lipinski definition) is 4. The average Bonchev–Trinajstić information content (AvgIpc) is 2.44. The molecular formula is C13H12Cl3NO4. The van der Waals surface area contributed by atoms with Crippen molar-refractivity contribution in [2.45, 2.75) is 13.0 Å². The Hall–Kier alpha value is -1.43. The first kappa shape index (κ1) is 17.6. The van der Waals surface area contributed by atoms with Crippen molar-refractivity contribution < 1.29 is 19.1 Å². The lowest BCUT2D eigenvalue weighted by Crippen LogP contribution is -2.31. The molecule has 0 radical (unpaired) electrons. The normalized spacial score (nSPS) is 11.5. The zero-order chi connectivity index (χ0) is 16.2. The number of hydrogen-bond donors (Lipinski definition) is 1. The lowest BCUT2D eigenvalue weighted by molar-refractivity contribution is -0.148. The molecule has 0 bridgehead atoms. The van der Waals surface area contributed by atoms with Gasteiger partial charge in [0.25, 0.3) is 0 Å². The molecule has 21 heavy (non-hydrogen) atoms. The summed E-state index contributed by atoms with van der Waals surface area (Å²) in [6.07, 6.45) is -2.12. The summed E-state index contributed by atoms with van der Waals surface area (Å²) in [6.45, 7) is 5.09. The monoisotopic (exact) mass is 351 g/mol. The molecule has 0 aromatic heterocycles. The first-order chi connectivity index (χ1) is 9.77. The average molecular weight is 353 g/mol. The van der Waals surface area contributed by atoms with Gasteiger partial charge in [-0.25, -0.2) is 9.59 Å². The number of nitrogens with one attached hydrogen (secondary N) is 1. The second-order valence-electron chi connectivity index (χ2n) is 4.00. The van der Waals surface area contributed by atoms with E-state index < -0.39 is 18.2 Å². The van der Waals surface area contributed by atoms with Crippen LogP contribution in [0.5, 0.6) is 0 Å². The van der Waals surface area contributed by atoms with Crippen LogP contribution in [0.4, 0.5) is 10.5 Å². The summed E-state index contributed by atoms with van der Waals surface area (Å²) < 4.78 is 9.45. The molecule has 0 spiro atoms. The number of carbonyl (C=O) groups excluding carboxylic acids is 2. The Morgan fingerprint density at radius 3 is 2.38 bits per heavy atom. The van der Waals surface area contributed by atoms with Crippen molar-refractivity contribution in [1.82, 2.24) is 0 Å². The van der Waals surface area contributed by atoms with E-state index in [-0.39, 0.29) is 20.8 Å². The van der Waals surface area contributed by atoms with E-state index in [9.17, 15) is 9.59 Å². The highest BCUT2D eigenvalue weighted by molar-refractivity contribution is 6.49. The third kappa shape index (κ3) is 4.52. The molecule has 0 aliphatic rings. The molecule has 0 fully saturated rings. The topological polar surface area (TPSA) is 64.6 Å². The molecule has 1 atom stereocenters. The summed E-state index contributed by atoms with van der Waals surface area (Å²) >= 11 is 17.6. The Labute approximate surface area is 136 Å². The highest BCUT2D eigenvalue weighted by Gasteiger charge is 2.25. The molecule has 1 aromatic rings. The molecule has 0 saturated heterocycles. The third-order valence-corrected chi connectivity index (χ3v) is 3.65. The van der Waals surface area contributed by atoms with Gasteiger partial charge in [0.15, 0.2) is 0 Å². The SMILES string of the molecule is C=C(C)C(OC(=O)Nc1ccc(Cl)c(Cl)c1Cl)C(=O)OC. The summed E-state index contributed by atoms with van der Waals surface area (Å²) in [4.78, 5) is 23.2. The molecule has 1 aromatic carbocycles. The van der Waals surface area contributed by atoms with Gasteiger partial charge in [0.05, 0.1) is 27.9 Å². The molecular weight excluding hydrogens is 341 g/mol. The summed E-state index contributed by atoms with van der Waals surface area (Å²) in [6, 6.07) is 2.91. The van der Waals surface area contributed by atoms with Gasteiger partial charge < -0.3 is 9.47 Å². The van der Waals surface area contributed by atoms with E-state index in [1.54, 1.807) is 0 Å². The van der Waals surface area contributed by atoms with Crippen LogP contribution < -0.4 is 5.32 Å². The second-order valence-corrected chi connectivity index (χ2v) is 5.17. The van der Waals surface area contributed by atoms with E-state index in [2.05, 4.69) is 16.6 Å². The van der Waals surface area contributed by atoms with Crippen molar-refractivity contribution in [2.24, 2.45) is 0 Å². The molecule has 1 N–H and O–H groups in total. The number of benzene rings is 1. The van der Waals surface area contributed by atoms with Crippen molar-refractivity contribution in [3.05, 3.63) is 39.4 Å². The predicted octanol–water partition coefficient (Wildman–Crippen LogP) is 4.31. The summed E-state index contributed by atoms with van der Waals surface area (Å²) in [5.74, 6) is -0.738. The van der Waals surface area contributed by atoms with Crippen molar-refractivity contribution in [3.63, 3.8) is 0 Å². The van der Waals surface area contributed by atoms with Crippen LogP contribution in [0.1, 0.15) is 6.92 Å². The van der Waals surface area contributed by atoms with Gasteiger partial charge in [-0.15, -0.1) is 0 Å². The van der Waals surface area contributed by atoms with Gasteiger partial charge in [-0.2, -0.15) is 0 Å². The number of amides is 1. The summed E-state index contributed by atoms with van der Waals surface area (Å²) in [5, 5.41) is 2.76. The molecule has 0 aliphatic carbocycles. The predicted molar refractivity (Wildman–Crippen MR) is 82.2 cm³/mol. The third-order valence-electron chi connectivity index (χ3n) is 2.36. The maximum atomic E-state index is 11.8. The van der Waals surface area contributed by atoms with E-state index in [1.165, 1.54) is 26.2 Å². The first-order valence-corrected chi connectivity index (χ1v) is 6.75. The molecule has 114 valence electrons. The number of carbonyl (C=O) groups is 2. The minimum absolute atomic E-state index is 0.0612. The molecule has 1 unspecified atom stereocenters. The summed E-state index contributed by atoms with van der Waals surface area (Å²) in [7, 11) is 1.18. The number of anilines is 1. The molecule has 0 heterocycles. The van der Waals surface area contributed by atoms with Gasteiger partial charge >= 0.3 is 12.1 Å². The highest BCUT2D eigenvalue weighted by Crippen LogP contribution is 2.35. The Morgan fingerprint density at radius 2 is 1.86 bits per heavy atom. The molecule has 1 rings (SSSR count). The van der Waals surface area contributed by atoms with Gasteiger partial charge in [0, 0.05) is 0 Å². The minimum Gasteiger partial charge on any atom is -0.466 e. The van der Waals surface area contributed by atoms with E-state index in [0.717, 1.165) is 0 Å². The van der Waals surface area contributed by atoms with Gasteiger partial charge in [-0.3, -0.25) is 5.32 Å². The fourth-order valence-electron chi connectivity index (χ4n) is 1.33.